The zero-order valence-corrected chi connectivity index (χ0v) is 12.9. The lowest BCUT2D eigenvalue weighted by atomic mass is 10.1. The highest BCUT2D eigenvalue weighted by molar-refractivity contribution is 5.40. The number of benzene rings is 1. The van der Waals surface area contributed by atoms with E-state index in [4.69, 9.17) is 24.7 Å². The molecule has 0 heterocycles. The van der Waals surface area contributed by atoms with Gasteiger partial charge in [-0.05, 0) is 30.5 Å². The summed E-state index contributed by atoms with van der Waals surface area (Å²) in [5, 5.41) is 0. The van der Waals surface area contributed by atoms with Gasteiger partial charge in [-0.2, -0.15) is 0 Å². The molecular formula is C16H27NO4. The van der Waals surface area contributed by atoms with Gasteiger partial charge in [-0.3, -0.25) is 0 Å². The minimum absolute atomic E-state index is 0.594. The Morgan fingerprint density at radius 1 is 0.857 bits per heavy atom. The number of methoxy groups -OCH3 is 1. The number of hydrogen-bond donors (Lipinski definition) is 1. The first-order chi connectivity index (χ1) is 10.3. The molecule has 0 bridgehead atoms. The van der Waals surface area contributed by atoms with E-state index in [1.54, 1.807) is 7.11 Å². The molecule has 1 aromatic rings. The highest BCUT2D eigenvalue weighted by atomic mass is 16.6. The lowest BCUT2D eigenvalue weighted by Gasteiger charge is -2.07. The van der Waals surface area contributed by atoms with Crippen LogP contribution in [0.5, 0.6) is 0 Å². The summed E-state index contributed by atoms with van der Waals surface area (Å²) in [6, 6.07) is 7.97. The molecule has 0 radical (unpaired) electrons. The Hall–Kier alpha value is -1.14. The van der Waals surface area contributed by atoms with Gasteiger partial charge in [0, 0.05) is 19.4 Å². The molecule has 0 aliphatic rings. The van der Waals surface area contributed by atoms with E-state index in [0.717, 1.165) is 25.1 Å². The maximum atomic E-state index is 5.73. The molecule has 0 aliphatic carbocycles. The van der Waals surface area contributed by atoms with Crippen molar-refractivity contribution in [2.75, 3.05) is 59.1 Å². The third-order valence-corrected chi connectivity index (χ3v) is 2.88. The molecule has 0 amide bonds. The Labute approximate surface area is 127 Å². The fraction of sp³-hybridized carbons (Fsp3) is 0.625. The van der Waals surface area contributed by atoms with Gasteiger partial charge in [-0.15, -0.1) is 0 Å². The summed E-state index contributed by atoms with van der Waals surface area (Å²) in [7, 11) is 1.66. The predicted molar refractivity (Wildman–Crippen MR) is 83.5 cm³/mol. The van der Waals surface area contributed by atoms with E-state index in [9.17, 15) is 0 Å². The van der Waals surface area contributed by atoms with E-state index < -0.39 is 0 Å². The van der Waals surface area contributed by atoms with Crippen LogP contribution in [0.15, 0.2) is 24.3 Å². The number of nitrogen functional groups attached to an aromatic ring is 1. The summed E-state index contributed by atoms with van der Waals surface area (Å²) in [6.45, 7) is 4.38. The lowest BCUT2D eigenvalue weighted by Crippen LogP contribution is -2.11. The van der Waals surface area contributed by atoms with Crippen molar-refractivity contribution in [1.82, 2.24) is 0 Å². The van der Waals surface area contributed by atoms with Crippen LogP contribution in [-0.2, 0) is 25.4 Å². The van der Waals surface area contributed by atoms with E-state index >= 15 is 0 Å². The van der Waals surface area contributed by atoms with Crippen molar-refractivity contribution >= 4 is 5.69 Å². The summed E-state index contributed by atoms with van der Waals surface area (Å²) in [6.07, 6.45) is 1.98. The Kier molecular flexibility index (Phi) is 10.7. The molecule has 0 unspecified atom stereocenters. The zero-order valence-electron chi connectivity index (χ0n) is 12.9. The number of anilines is 1. The van der Waals surface area contributed by atoms with E-state index in [2.05, 4.69) is 6.07 Å². The van der Waals surface area contributed by atoms with Gasteiger partial charge < -0.3 is 24.7 Å². The fourth-order valence-electron chi connectivity index (χ4n) is 1.81. The first kappa shape index (κ1) is 17.9. The predicted octanol–water partition coefficient (Wildman–Crippen LogP) is 1.90. The van der Waals surface area contributed by atoms with Crippen molar-refractivity contribution in [2.45, 2.75) is 12.8 Å². The van der Waals surface area contributed by atoms with Gasteiger partial charge in [0.15, 0.2) is 0 Å². The molecule has 5 heteroatoms. The summed E-state index contributed by atoms with van der Waals surface area (Å²) >= 11 is 0. The molecule has 5 nitrogen and oxygen atoms in total. The van der Waals surface area contributed by atoms with Gasteiger partial charge in [0.05, 0.1) is 39.6 Å². The largest absolute Gasteiger partial charge is 0.399 e. The number of rotatable bonds is 13. The van der Waals surface area contributed by atoms with Crippen molar-refractivity contribution in [1.29, 1.82) is 0 Å². The quantitative estimate of drug-likeness (QED) is 0.445. The van der Waals surface area contributed by atoms with Crippen LogP contribution in [0.3, 0.4) is 0 Å². The lowest BCUT2D eigenvalue weighted by molar-refractivity contribution is 0.00344. The molecular weight excluding hydrogens is 270 g/mol. The molecule has 1 rings (SSSR count). The Balaban J connectivity index is 1.82. The smallest absolute Gasteiger partial charge is 0.0701 e. The normalized spacial score (nSPS) is 10.9. The topological polar surface area (TPSA) is 62.9 Å². The van der Waals surface area contributed by atoms with Crippen LogP contribution >= 0.6 is 0 Å². The minimum Gasteiger partial charge on any atom is -0.399 e. The van der Waals surface area contributed by atoms with Gasteiger partial charge in [0.1, 0.15) is 0 Å². The second-order valence-electron chi connectivity index (χ2n) is 4.68. The monoisotopic (exact) mass is 297 g/mol. The molecule has 0 fully saturated rings. The van der Waals surface area contributed by atoms with Gasteiger partial charge in [-0.1, -0.05) is 12.1 Å². The maximum Gasteiger partial charge on any atom is 0.0701 e. The first-order valence-electron chi connectivity index (χ1n) is 7.39. The standard InChI is InChI=1S/C16H27NO4/c1-18-8-9-20-12-13-21-11-10-19-7-3-5-15-4-2-6-16(17)14-15/h2,4,6,14H,3,5,7-13,17H2,1H3. The van der Waals surface area contributed by atoms with Crippen LogP contribution in [0, 0.1) is 0 Å². The fourth-order valence-corrected chi connectivity index (χ4v) is 1.81. The first-order valence-corrected chi connectivity index (χ1v) is 7.39. The maximum absolute atomic E-state index is 5.73. The Morgan fingerprint density at radius 2 is 1.48 bits per heavy atom. The zero-order chi connectivity index (χ0) is 15.2. The van der Waals surface area contributed by atoms with Crippen LogP contribution in [-0.4, -0.2) is 53.4 Å². The Bertz CT molecular complexity index is 360. The molecule has 0 aromatic heterocycles. The van der Waals surface area contributed by atoms with Crippen LogP contribution in [0.4, 0.5) is 5.69 Å². The van der Waals surface area contributed by atoms with Gasteiger partial charge in [-0.25, -0.2) is 0 Å². The van der Waals surface area contributed by atoms with E-state index in [1.165, 1.54) is 5.56 Å². The van der Waals surface area contributed by atoms with Gasteiger partial charge in [0.25, 0.3) is 0 Å². The molecule has 0 aliphatic heterocycles. The van der Waals surface area contributed by atoms with Crippen LogP contribution < -0.4 is 5.73 Å². The van der Waals surface area contributed by atoms with E-state index in [-0.39, 0.29) is 0 Å². The highest BCUT2D eigenvalue weighted by Crippen LogP contribution is 2.08. The van der Waals surface area contributed by atoms with Crippen molar-refractivity contribution in [3.05, 3.63) is 29.8 Å². The average Bonchev–Trinajstić information content (AvgIpc) is 2.48. The SMILES string of the molecule is COCCOCCOCCOCCCc1cccc(N)c1. The van der Waals surface area contributed by atoms with Crippen molar-refractivity contribution in [3.8, 4) is 0 Å². The van der Waals surface area contributed by atoms with Gasteiger partial charge in [0.2, 0.25) is 0 Å². The molecule has 0 saturated heterocycles. The molecule has 21 heavy (non-hydrogen) atoms. The number of hydrogen-bond acceptors (Lipinski definition) is 5. The molecule has 1 aromatic carbocycles. The molecule has 120 valence electrons. The number of aryl methyl sites for hydroxylation is 1. The van der Waals surface area contributed by atoms with E-state index in [0.29, 0.717) is 39.6 Å². The second-order valence-corrected chi connectivity index (χ2v) is 4.68. The van der Waals surface area contributed by atoms with Crippen LogP contribution in [0.2, 0.25) is 0 Å². The average molecular weight is 297 g/mol. The third-order valence-electron chi connectivity index (χ3n) is 2.88. The van der Waals surface area contributed by atoms with E-state index in [1.807, 2.05) is 18.2 Å². The molecule has 0 spiro atoms. The molecule has 0 atom stereocenters. The summed E-state index contributed by atoms with van der Waals surface area (Å²) < 4.78 is 21.0. The summed E-state index contributed by atoms with van der Waals surface area (Å²) in [5.41, 5.74) is 7.80. The van der Waals surface area contributed by atoms with Crippen molar-refractivity contribution in [3.63, 3.8) is 0 Å². The molecule has 0 saturated carbocycles. The van der Waals surface area contributed by atoms with Crippen molar-refractivity contribution in [2.24, 2.45) is 0 Å². The summed E-state index contributed by atoms with van der Waals surface area (Å²) in [5.74, 6) is 0. The van der Waals surface area contributed by atoms with Gasteiger partial charge >= 0.3 is 0 Å². The minimum atomic E-state index is 0.594. The number of nitrogens with two attached hydrogens (primary N) is 1. The van der Waals surface area contributed by atoms with Crippen LogP contribution in [0.25, 0.3) is 0 Å². The Morgan fingerprint density at radius 3 is 2.10 bits per heavy atom. The van der Waals surface area contributed by atoms with Crippen molar-refractivity contribution < 1.29 is 18.9 Å². The molecule has 2 N–H and O–H groups in total. The summed E-state index contributed by atoms with van der Waals surface area (Å²) in [4.78, 5) is 0. The number of ether oxygens (including phenoxy) is 4. The third kappa shape index (κ3) is 10.3. The highest BCUT2D eigenvalue weighted by Gasteiger charge is 1.95. The van der Waals surface area contributed by atoms with Crippen LogP contribution in [0.1, 0.15) is 12.0 Å². The second kappa shape index (κ2) is 12.6.